The van der Waals surface area contributed by atoms with Crippen LogP contribution in [-0.2, 0) is 14.8 Å². The van der Waals surface area contributed by atoms with Crippen LogP contribution in [0.1, 0.15) is 57.6 Å². The lowest BCUT2D eigenvalue weighted by Crippen LogP contribution is -2.68. The number of nitrogens with one attached hydrogen (secondary N) is 1. The summed E-state index contributed by atoms with van der Waals surface area (Å²) in [5.41, 5.74) is -0.0126. The molecule has 0 bridgehead atoms. The fourth-order valence-electron chi connectivity index (χ4n) is 3.69. The first kappa shape index (κ1) is 18.1. The second-order valence-corrected chi connectivity index (χ2v) is 9.24. The van der Waals surface area contributed by atoms with Crippen molar-refractivity contribution in [3.63, 3.8) is 0 Å². The number of aromatic nitrogens is 1. The minimum Gasteiger partial charge on any atom is -0.457 e. The maximum absolute atomic E-state index is 12.9. The van der Waals surface area contributed by atoms with Gasteiger partial charge in [-0.25, -0.2) is 18.1 Å². The highest BCUT2D eigenvalue weighted by Crippen LogP contribution is 2.47. The van der Waals surface area contributed by atoms with Crippen LogP contribution in [0.15, 0.2) is 29.5 Å². The van der Waals surface area contributed by atoms with Crippen LogP contribution >= 0.6 is 0 Å². The van der Waals surface area contributed by atoms with Crippen molar-refractivity contribution in [1.29, 1.82) is 0 Å². The minimum absolute atomic E-state index is 0.00387. The number of sulfonamides is 1. The molecular formula is C17H25N3O4S. The van der Waals surface area contributed by atoms with Crippen molar-refractivity contribution < 1.29 is 18.3 Å². The van der Waals surface area contributed by atoms with E-state index in [0.29, 0.717) is 19.3 Å². The molecule has 1 aliphatic heterocycles. The third-order valence-corrected chi connectivity index (χ3v) is 7.82. The molecular weight excluding hydrogens is 342 g/mol. The third-order valence-electron chi connectivity index (χ3n) is 5.56. The number of pyridine rings is 1. The van der Waals surface area contributed by atoms with Crippen LogP contribution in [0.25, 0.3) is 0 Å². The van der Waals surface area contributed by atoms with Crippen molar-refractivity contribution in [3.05, 3.63) is 30.1 Å². The Bertz CT molecular complexity index is 752. The lowest BCUT2D eigenvalue weighted by molar-refractivity contribution is -0.00771. The monoisotopic (exact) mass is 367 g/mol. The van der Waals surface area contributed by atoms with Gasteiger partial charge in [0.1, 0.15) is 10.3 Å². The van der Waals surface area contributed by atoms with E-state index in [4.69, 9.17) is 4.74 Å². The highest BCUT2D eigenvalue weighted by molar-refractivity contribution is 7.91. The smallest absolute Gasteiger partial charge is 0.299 e. The molecule has 138 valence electrons. The summed E-state index contributed by atoms with van der Waals surface area (Å²) in [5.74, 6) is 0. The predicted octanol–water partition coefficient (Wildman–Crippen LogP) is 1.90. The van der Waals surface area contributed by atoms with E-state index in [-0.39, 0.29) is 12.6 Å². The molecule has 3 rings (SSSR count). The molecule has 3 unspecified atom stereocenters. The molecule has 2 N–H and O–H groups in total. The molecule has 1 aliphatic carbocycles. The van der Waals surface area contributed by atoms with Crippen LogP contribution in [0, 0.1) is 0 Å². The second kappa shape index (κ2) is 6.57. The number of aliphatic hydroxyl groups excluding tert-OH is 1. The lowest BCUT2D eigenvalue weighted by Gasteiger charge is -2.51. The van der Waals surface area contributed by atoms with Gasteiger partial charge in [0.15, 0.2) is 0 Å². The number of aliphatic imine (C=N–C) groups is 1. The zero-order valence-corrected chi connectivity index (χ0v) is 15.4. The molecule has 1 saturated heterocycles. The molecule has 8 heteroatoms. The van der Waals surface area contributed by atoms with Gasteiger partial charge in [-0.2, -0.15) is 0 Å². The molecule has 0 aromatic carbocycles. The summed E-state index contributed by atoms with van der Waals surface area (Å²) in [6.07, 6.45) is 6.70. The number of aliphatic hydroxyl groups is 1. The number of hydrogen-bond acceptors (Lipinski definition) is 6. The van der Waals surface area contributed by atoms with Crippen molar-refractivity contribution in [2.75, 3.05) is 6.61 Å². The van der Waals surface area contributed by atoms with E-state index in [1.165, 1.54) is 0 Å². The van der Waals surface area contributed by atoms with Crippen LogP contribution in [0.3, 0.4) is 0 Å². The molecule has 2 heterocycles. The third kappa shape index (κ3) is 3.13. The van der Waals surface area contributed by atoms with Gasteiger partial charge in [0, 0.05) is 19.0 Å². The molecule has 0 spiro atoms. The van der Waals surface area contributed by atoms with Crippen LogP contribution in [0.5, 0.6) is 0 Å². The lowest BCUT2D eigenvalue weighted by atomic mass is 9.76. The van der Waals surface area contributed by atoms with E-state index >= 15 is 0 Å². The highest BCUT2D eigenvalue weighted by atomic mass is 32.2. The number of amidine groups is 1. The SMILES string of the molecule is CC12CCCCC1(C)S(=O)(=O)NC(=NC(CCO)c1cccnc1)O2. The Kier molecular flexibility index (Phi) is 4.76. The first-order valence-electron chi connectivity index (χ1n) is 8.61. The van der Waals surface area contributed by atoms with Crippen molar-refractivity contribution >= 4 is 16.0 Å². The Morgan fingerprint density at radius 3 is 2.84 bits per heavy atom. The molecule has 3 atom stereocenters. The first-order chi connectivity index (χ1) is 11.8. The van der Waals surface area contributed by atoms with Gasteiger partial charge in [0.25, 0.3) is 6.02 Å². The summed E-state index contributed by atoms with van der Waals surface area (Å²) < 4.78 is 33.4. The molecule has 0 radical (unpaired) electrons. The Balaban J connectivity index is 1.96. The van der Waals surface area contributed by atoms with Crippen molar-refractivity contribution in [1.82, 2.24) is 9.71 Å². The Morgan fingerprint density at radius 2 is 2.16 bits per heavy atom. The number of nitrogens with zero attached hydrogens (tertiary/aromatic N) is 2. The van der Waals surface area contributed by atoms with Gasteiger partial charge < -0.3 is 9.84 Å². The molecule has 0 amide bonds. The van der Waals surface area contributed by atoms with E-state index in [1.54, 1.807) is 25.4 Å². The van der Waals surface area contributed by atoms with E-state index in [2.05, 4.69) is 14.7 Å². The fourth-order valence-corrected chi connectivity index (χ4v) is 5.36. The molecule has 7 nitrogen and oxygen atoms in total. The maximum Gasteiger partial charge on any atom is 0.299 e. The standard InChI is InChI=1S/C17H25N3O4S/c1-16-8-3-4-9-17(16,2)25(22,23)20-15(24-16)19-14(7-11-21)13-6-5-10-18-12-13/h5-6,10,12,14,21H,3-4,7-9,11H2,1-2H3,(H,19,20). The Labute approximate surface area is 148 Å². The number of fused-ring (bicyclic) bond motifs is 1. The zero-order chi connectivity index (χ0) is 18.1. The molecule has 2 aliphatic rings. The maximum atomic E-state index is 12.9. The van der Waals surface area contributed by atoms with Crippen molar-refractivity contribution in [2.45, 2.75) is 62.3 Å². The van der Waals surface area contributed by atoms with E-state index in [1.807, 2.05) is 13.0 Å². The molecule has 1 aromatic heterocycles. The molecule has 2 fully saturated rings. The van der Waals surface area contributed by atoms with Gasteiger partial charge in [0.2, 0.25) is 10.0 Å². The van der Waals surface area contributed by atoms with Gasteiger partial charge in [-0.1, -0.05) is 12.5 Å². The Hall–Kier alpha value is -1.67. The summed E-state index contributed by atoms with van der Waals surface area (Å²) in [5, 5.41) is 9.34. The average molecular weight is 367 g/mol. The average Bonchev–Trinajstić information content (AvgIpc) is 2.56. The normalized spacial score (nSPS) is 33.8. The molecule has 1 aromatic rings. The van der Waals surface area contributed by atoms with E-state index < -0.39 is 26.4 Å². The fraction of sp³-hybridized carbons (Fsp3) is 0.647. The quantitative estimate of drug-likeness (QED) is 0.846. The number of rotatable bonds is 4. The van der Waals surface area contributed by atoms with Crippen LogP contribution < -0.4 is 4.72 Å². The summed E-state index contributed by atoms with van der Waals surface area (Å²) in [7, 11) is -3.62. The summed E-state index contributed by atoms with van der Waals surface area (Å²) in [4.78, 5) is 8.53. The largest absolute Gasteiger partial charge is 0.457 e. The predicted molar refractivity (Wildman–Crippen MR) is 94.5 cm³/mol. The van der Waals surface area contributed by atoms with Crippen molar-refractivity contribution in [2.24, 2.45) is 4.99 Å². The topological polar surface area (TPSA) is 101 Å². The Morgan fingerprint density at radius 1 is 1.40 bits per heavy atom. The van der Waals surface area contributed by atoms with Crippen LogP contribution in [0.4, 0.5) is 0 Å². The van der Waals surface area contributed by atoms with E-state index in [9.17, 15) is 13.5 Å². The van der Waals surface area contributed by atoms with Crippen LogP contribution in [-0.4, -0.2) is 41.5 Å². The van der Waals surface area contributed by atoms with Gasteiger partial charge in [0.05, 0.1) is 6.04 Å². The van der Waals surface area contributed by atoms with E-state index in [0.717, 1.165) is 18.4 Å². The van der Waals surface area contributed by atoms with Gasteiger partial charge >= 0.3 is 0 Å². The summed E-state index contributed by atoms with van der Waals surface area (Å²) in [6, 6.07) is 3.21. The van der Waals surface area contributed by atoms with Crippen LogP contribution in [0.2, 0.25) is 0 Å². The minimum atomic E-state index is -3.62. The summed E-state index contributed by atoms with van der Waals surface area (Å²) in [6.45, 7) is 3.53. The summed E-state index contributed by atoms with van der Waals surface area (Å²) >= 11 is 0. The number of ether oxygens (including phenoxy) is 1. The number of hydrogen-bond donors (Lipinski definition) is 2. The molecule has 1 saturated carbocycles. The van der Waals surface area contributed by atoms with Gasteiger partial charge in [-0.3, -0.25) is 4.98 Å². The molecule has 25 heavy (non-hydrogen) atoms. The first-order valence-corrected chi connectivity index (χ1v) is 10.1. The highest BCUT2D eigenvalue weighted by Gasteiger charge is 2.60. The zero-order valence-electron chi connectivity index (χ0n) is 14.6. The second-order valence-electron chi connectivity index (χ2n) is 7.13. The van der Waals surface area contributed by atoms with Gasteiger partial charge in [-0.15, -0.1) is 0 Å². The van der Waals surface area contributed by atoms with Gasteiger partial charge in [-0.05, 0) is 51.2 Å². The van der Waals surface area contributed by atoms with Crippen molar-refractivity contribution in [3.8, 4) is 0 Å².